The quantitative estimate of drug-likeness (QED) is 0.399. The average molecular weight is 519 g/mol. The normalized spacial score (nSPS) is 20.2. The van der Waals surface area contributed by atoms with E-state index in [1.165, 1.54) is 26.4 Å². The van der Waals surface area contributed by atoms with Gasteiger partial charge in [-0.15, -0.1) is 10.2 Å². The third-order valence-electron chi connectivity index (χ3n) is 5.96. The van der Waals surface area contributed by atoms with Gasteiger partial charge in [-0.2, -0.15) is 0 Å². The molecule has 0 spiro atoms. The maximum Gasteiger partial charge on any atom is 0.240 e. The standard InChI is InChI=1S/C20H31ClN6O6S/c1-12(17(33-4)18-22-7-15(21)8-23-18)34(29,30)26-20-25-24-19(14-5-13(6-14)9-28)27(20)16(10-31-2)11-32-3/h7-8,12-14,16-17,28H,5-6,9-11H2,1-4H3,(H,25,26). The van der Waals surface area contributed by atoms with Crippen molar-refractivity contribution < 1.29 is 27.7 Å². The van der Waals surface area contributed by atoms with Crippen molar-refractivity contribution in [2.24, 2.45) is 5.92 Å². The van der Waals surface area contributed by atoms with Crippen LogP contribution in [0, 0.1) is 5.92 Å². The minimum absolute atomic E-state index is 0.0470. The molecule has 2 aromatic rings. The summed E-state index contributed by atoms with van der Waals surface area (Å²) in [5.74, 6) is 1.11. The lowest BCUT2D eigenvalue weighted by atomic mass is 9.75. The molecule has 14 heteroatoms. The minimum Gasteiger partial charge on any atom is -0.396 e. The van der Waals surface area contributed by atoms with Crippen LogP contribution in [0.15, 0.2) is 12.4 Å². The second-order valence-electron chi connectivity index (χ2n) is 8.30. The molecular weight excluding hydrogens is 488 g/mol. The number of aliphatic hydroxyl groups excluding tert-OH is 1. The van der Waals surface area contributed by atoms with E-state index in [2.05, 4.69) is 24.9 Å². The molecule has 2 atom stereocenters. The number of hydrogen-bond acceptors (Lipinski definition) is 10. The smallest absolute Gasteiger partial charge is 0.240 e. The maximum atomic E-state index is 13.3. The van der Waals surface area contributed by atoms with E-state index in [0.29, 0.717) is 10.8 Å². The molecule has 34 heavy (non-hydrogen) atoms. The van der Waals surface area contributed by atoms with Crippen LogP contribution in [0.5, 0.6) is 0 Å². The van der Waals surface area contributed by atoms with Crippen LogP contribution >= 0.6 is 11.6 Å². The van der Waals surface area contributed by atoms with E-state index >= 15 is 0 Å². The van der Waals surface area contributed by atoms with Gasteiger partial charge in [0.1, 0.15) is 17.2 Å². The Bertz CT molecular complexity index is 1020. The predicted octanol–water partition coefficient (Wildman–Crippen LogP) is 1.56. The molecule has 2 aromatic heterocycles. The van der Waals surface area contributed by atoms with Crippen LogP contribution in [0.4, 0.5) is 5.95 Å². The summed E-state index contributed by atoms with van der Waals surface area (Å²) < 4.78 is 47.1. The number of halogens is 1. The van der Waals surface area contributed by atoms with Gasteiger partial charge in [0.2, 0.25) is 16.0 Å². The lowest BCUT2D eigenvalue weighted by Crippen LogP contribution is -2.35. The Morgan fingerprint density at radius 1 is 1.18 bits per heavy atom. The first-order valence-corrected chi connectivity index (χ1v) is 12.7. The summed E-state index contributed by atoms with van der Waals surface area (Å²) in [4.78, 5) is 8.20. The SMILES string of the molecule is COCC(COC)n1c(NS(=O)(=O)C(C)C(OC)c2ncc(Cl)cn2)nnc1C1CC(CO)C1. The number of methoxy groups -OCH3 is 3. The number of ether oxygens (including phenoxy) is 3. The summed E-state index contributed by atoms with van der Waals surface area (Å²) in [6, 6.07) is -0.362. The first kappa shape index (κ1) is 26.7. The summed E-state index contributed by atoms with van der Waals surface area (Å²) in [7, 11) is 0.476. The van der Waals surface area contributed by atoms with Crippen LogP contribution in [-0.2, 0) is 24.2 Å². The highest BCUT2D eigenvalue weighted by Gasteiger charge is 2.38. The number of nitrogens with zero attached hydrogens (tertiary/aromatic N) is 5. The maximum absolute atomic E-state index is 13.3. The Kier molecular flexibility index (Phi) is 9.18. The van der Waals surface area contributed by atoms with Gasteiger partial charge in [0.25, 0.3) is 0 Å². The van der Waals surface area contributed by atoms with E-state index in [0.717, 1.165) is 12.8 Å². The molecule has 0 aliphatic heterocycles. The summed E-state index contributed by atoms with van der Waals surface area (Å²) >= 11 is 5.85. The molecule has 0 radical (unpaired) electrons. The highest BCUT2D eigenvalue weighted by Crippen LogP contribution is 2.42. The van der Waals surface area contributed by atoms with Crippen molar-refractivity contribution in [2.75, 3.05) is 45.9 Å². The molecule has 0 saturated heterocycles. The highest BCUT2D eigenvalue weighted by atomic mass is 35.5. The van der Waals surface area contributed by atoms with Crippen LogP contribution in [-0.4, -0.2) is 84.7 Å². The topological polar surface area (TPSA) is 151 Å². The number of hydrogen-bond donors (Lipinski definition) is 2. The monoisotopic (exact) mass is 518 g/mol. The summed E-state index contributed by atoms with van der Waals surface area (Å²) in [5.41, 5.74) is 0. The third-order valence-corrected chi connectivity index (χ3v) is 7.85. The van der Waals surface area contributed by atoms with Crippen LogP contribution in [0.3, 0.4) is 0 Å². The van der Waals surface area contributed by atoms with Crippen molar-refractivity contribution in [3.63, 3.8) is 0 Å². The molecule has 12 nitrogen and oxygen atoms in total. The molecule has 1 fully saturated rings. The van der Waals surface area contributed by atoms with E-state index in [4.69, 9.17) is 25.8 Å². The van der Waals surface area contributed by atoms with Gasteiger partial charge in [0.15, 0.2) is 5.82 Å². The van der Waals surface area contributed by atoms with E-state index in [9.17, 15) is 13.5 Å². The van der Waals surface area contributed by atoms with Crippen molar-refractivity contribution in [1.82, 2.24) is 24.7 Å². The van der Waals surface area contributed by atoms with Gasteiger partial charge in [-0.3, -0.25) is 9.29 Å². The Labute approximate surface area is 204 Å². The zero-order valence-corrected chi connectivity index (χ0v) is 21.2. The fraction of sp³-hybridized carbons (Fsp3) is 0.700. The van der Waals surface area contributed by atoms with Gasteiger partial charge >= 0.3 is 0 Å². The van der Waals surface area contributed by atoms with Gasteiger partial charge in [-0.05, 0) is 25.7 Å². The molecule has 2 unspecified atom stereocenters. The Morgan fingerprint density at radius 2 is 1.79 bits per heavy atom. The zero-order valence-electron chi connectivity index (χ0n) is 19.6. The molecule has 1 saturated carbocycles. The minimum atomic E-state index is -4.02. The third kappa shape index (κ3) is 5.83. The molecule has 0 aromatic carbocycles. The molecule has 190 valence electrons. The number of nitrogens with one attached hydrogen (secondary N) is 1. The average Bonchev–Trinajstić information content (AvgIpc) is 3.16. The number of rotatable bonds is 13. The van der Waals surface area contributed by atoms with Crippen molar-refractivity contribution in [1.29, 1.82) is 0 Å². The Balaban J connectivity index is 1.91. The van der Waals surface area contributed by atoms with Crippen molar-refractivity contribution in [3.05, 3.63) is 29.1 Å². The molecule has 2 N–H and O–H groups in total. The lowest BCUT2D eigenvalue weighted by Gasteiger charge is -2.34. The summed E-state index contributed by atoms with van der Waals surface area (Å²) in [6.45, 7) is 2.12. The first-order chi connectivity index (χ1) is 16.2. The number of anilines is 1. The van der Waals surface area contributed by atoms with Crippen LogP contribution in [0.2, 0.25) is 5.02 Å². The van der Waals surface area contributed by atoms with Crippen molar-refractivity contribution in [2.45, 2.75) is 43.1 Å². The molecule has 1 aliphatic rings. The van der Waals surface area contributed by atoms with E-state index in [-0.39, 0.29) is 49.5 Å². The fourth-order valence-electron chi connectivity index (χ4n) is 4.05. The Morgan fingerprint density at radius 3 is 2.32 bits per heavy atom. The van der Waals surface area contributed by atoms with Gasteiger partial charge in [0.05, 0.1) is 24.3 Å². The Hall–Kier alpha value is -1.90. The second kappa shape index (κ2) is 11.7. The van der Waals surface area contributed by atoms with Gasteiger partial charge in [-0.1, -0.05) is 11.6 Å². The van der Waals surface area contributed by atoms with Gasteiger partial charge < -0.3 is 19.3 Å². The molecule has 0 bridgehead atoms. The molecule has 1 aliphatic carbocycles. The summed E-state index contributed by atoms with van der Waals surface area (Å²) in [5, 5.41) is 17.1. The molecular formula is C20H31ClN6O6S. The number of sulfonamides is 1. The number of aromatic nitrogens is 5. The van der Waals surface area contributed by atoms with Crippen molar-refractivity contribution in [3.8, 4) is 0 Å². The van der Waals surface area contributed by atoms with Gasteiger partial charge in [0, 0.05) is 46.2 Å². The molecule has 0 amide bonds. The van der Waals surface area contributed by atoms with Crippen LogP contribution < -0.4 is 4.72 Å². The van der Waals surface area contributed by atoms with Crippen LogP contribution in [0.1, 0.15) is 49.5 Å². The van der Waals surface area contributed by atoms with E-state index in [1.54, 1.807) is 18.8 Å². The number of aliphatic hydroxyl groups is 1. The van der Waals surface area contributed by atoms with E-state index in [1.807, 2.05) is 0 Å². The second-order valence-corrected chi connectivity index (χ2v) is 10.8. The predicted molar refractivity (Wildman–Crippen MR) is 124 cm³/mol. The summed E-state index contributed by atoms with van der Waals surface area (Å²) in [6.07, 6.45) is 3.29. The molecule has 2 heterocycles. The zero-order chi connectivity index (χ0) is 24.9. The molecule has 3 rings (SSSR count). The van der Waals surface area contributed by atoms with E-state index < -0.39 is 21.4 Å². The lowest BCUT2D eigenvalue weighted by molar-refractivity contribution is 0.0841. The van der Waals surface area contributed by atoms with Gasteiger partial charge in [-0.25, -0.2) is 18.4 Å². The van der Waals surface area contributed by atoms with Crippen molar-refractivity contribution >= 4 is 27.6 Å². The van der Waals surface area contributed by atoms with Crippen LogP contribution in [0.25, 0.3) is 0 Å². The first-order valence-electron chi connectivity index (χ1n) is 10.8. The highest BCUT2D eigenvalue weighted by molar-refractivity contribution is 7.93. The largest absolute Gasteiger partial charge is 0.396 e. The fourth-order valence-corrected chi connectivity index (χ4v) is 5.28.